The second-order valence-corrected chi connectivity index (χ2v) is 7.97. The molecule has 0 aliphatic carbocycles. The number of thiophene rings is 1. The molecule has 0 aliphatic rings. The molecule has 0 spiro atoms. The van der Waals surface area contributed by atoms with E-state index in [1.807, 2.05) is 38.1 Å². The summed E-state index contributed by atoms with van der Waals surface area (Å²) >= 11 is 3.34. The summed E-state index contributed by atoms with van der Waals surface area (Å²) in [5, 5.41) is 6.08. The topological polar surface area (TPSA) is 51.2 Å². The Hall–Kier alpha value is -2.02. The van der Waals surface area contributed by atoms with Gasteiger partial charge in [-0.05, 0) is 43.7 Å². The third kappa shape index (κ3) is 4.34. The average Bonchev–Trinajstić information content (AvgIpc) is 3.24. The zero-order valence-electron chi connectivity index (χ0n) is 14.4. The Morgan fingerprint density at radius 1 is 1.28 bits per heavy atom. The summed E-state index contributed by atoms with van der Waals surface area (Å²) < 4.78 is 5.06. The van der Waals surface area contributed by atoms with Crippen LogP contribution in [-0.2, 0) is 4.74 Å². The molecule has 25 heavy (non-hydrogen) atoms. The molecule has 6 heteroatoms. The van der Waals surface area contributed by atoms with E-state index in [0.29, 0.717) is 12.2 Å². The zero-order valence-corrected chi connectivity index (χ0v) is 16.0. The summed E-state index contributed by atoms with van der Waals surface area (Å²) in [7, 11) is 1.63. The molecular formula is C19H20N2O2S2. The van der Waals surface area contributed by atoms with E-state index in [-0.39, 0.29) is 11.9 Å². The summed E-state index contributed by atoms with van der Waals surface area (Å²) in [5.41, 5.74) is 2.70. The molecule has 0 radical (unpaired) electrons. The largest absolute Gasteiger partial charge is 0.383 e. The van der Waals surface area contributed by atoms with Crippen molar-refractivity contribution in [2.75, 3.05) is 13.7 Å². The van der Waals surface area contributed by atoms with Crippen molar-refractivity contribution in [3.63, 3.8) is 0 Å². The lowest BCUT2D eigenvalue weighted by Crippen LogP contribution is -2.35. The molecule has 130 valence electrons. The molecule has 0 fully saturated rings. The van der Waals surface area contributed by atoms with Crippen molar-refractivity contribution in [2.45, 2.75) is 19.9 Å². The number of hydrogen-bond acceptors (Lipinski definition) is 5. The summed E-state index contributed by atoms with van der Waals surface area (Å²) in [5.74, 6) is -0.0849. The van der Waals surface area contributed by atoms with Crippen LogP contribution in [0.15, 0.2) is 41.8 Å². The second kappa shape index (κ2) is 7.91. The van der Waals surface area contributed by atoms with Crippen LogP contribution in [0.4, 0.5) is 0 Å². The van der Waals surface area contributed by atoms with Crippen molar-refractivity contribution in [3.8, 4) is 21.0 Å². The molecule has 2 aromatic heterocycles. The number of methoxy groups -OCH3 is 1. The number of carbonyl (C=O) groups is 1. The highest BCUT2D eigenvalue weighted by Crippen LogP contribution is 2.35. The van der Waals surface area contributed by atoms with Crippen LogP contribution >= 0.6 is 22.7 Å². The first-order valence-corrected chi connectivity index (χ1v) is 9.69. The van der Waals surface area contributed by atoms with Crippen LogP contribution < -0.4 is 5.32 Å². The fraction of sp³-hybridized carbons (Fsp3) is 0.263. The number of nitrogens with one attached hydrogen (secondary N) is 1. The zero-order chi connectivity index (χ0) is 17.8. The molecule has 1 N–H and O–H groups in total. The first-order valence-electron chi connectivity index (χ1n) is 7.99. The van der Waals surface area contributed by atoms with Crippen molar-refractivity contribution in [1.29, 1.82) is 0 Å². The Morgan fingerprint density at radius 2 is 2.08 bits per heavy atom. The van der Waals surface area contributed by atoms with Crippen LogP contribution in [0.2, 0.25) is 0 Å². The number of hydrogen-bond donors (Lipinski definition) is 1. The van der Waals surface area contributed by atoms with Gasteiger partial charge in [0.15, 0.2) is 0 Å². The molecule has 1 amide bonds. The molecule has 0 aliphatic heterocycles. The Balaban J connectivity index is 1.80. The summed E-state index contributed by atoms with van der Waals surface area (Å²) in [6.07, 6.45) is 0. The Bertz CT molecular complexity index is 870. The molecular weight excluding hydrogens is 352 g/mol. The van der Waals surface area contributed by atoms with Crippen molar-refractivity contribution >= 4 is 28.6 Å². The molecule has 0 saturated heterocycles. The lowest BCUT2D eigenvalue weighted by atomic mass is 10.1. The number of rotatable bonds is 6. The van der Waals surface area contributed by atoms with Gasteiger partial charge < -0.3 is 10.1 Å². The van der Waals surface area contributed by atoms with Gasteiger partial charge in [-0.25, -0.2) is 4.98 Å². The van der Waals surface area contributed by atoms with Gasteiger partial charge >= 0.3 is 0 Å². The summed E-state index contributed by atoms with van der Waals surface area (Å²) in [6.45, 7) is 4.43. The van der Waals surface area contributed by atoms with Gasteiger partial charge in [-0.3, -0.25) is 4.79 Å². The second-order valence-electron chi connectivity index (χ2n) is 5.83. The number of ether oxygens (including phenoxy) is 1. The van der Waals surface area contributed by atoms with Crippen LogP contribution in [-0.4, -0.2) is 30.6 Å². The third-order valence-corrected chi connectivity index (χ3v) is 5.61. The fourth-order valence-electron chi connectivity index (χ4n) is 2.52. The number of benzene rings is 1. The van der Waals surface area contributed by atoms with E-state index in [1.54, 1.807) is 29.8 Å². The average molecular weight is 373 g/mol. The molecule has 4 nitrogen and oxygen atoms in total. The highest BCUT2D eigenvalue weighted by Gasteiger charge is 2.12. The van der Waals surface area contributed by atoms with Gasteiger partial charge in [0.25, 0.3) is 5.91 Å². The normalized spacial score (nSPS) is 12.1. The first-order chi connectivity index (χ1) is 12.1. The van der Waals surface area contributed by atoms with Gasteiger partial charge in [0, 0.05) is 29.0 Å². The molecule has 2 heterocycles. The lowest BCUT2D eigenvalue weighted by Gasteiger charge is -2.13. The molecule has 3 aromatic rings. The molecule has 0 bridgehead atoms. The monoisotopic (exact) mass is 372 g/mol. The molecule has 1 aromatic carbocycles. The van der Waals surface area contributed by atoms with Crippen LogP contribution in [0, 0.1) is 6.92 Å². The van der Waals surface area contributed by atoms with Gasteiger partial charge in [-0.1, -0.05) is 12.1 Å². The minimum absolute atomic E-state index is 0.0256. The molecule has 0 unspecified atom stereocenters. The predicted octanol–water partition coefficient (Wildman–Crippen LogP) is 4.61. The minimum Gasteiger partial charge on any atom is -0.383 e. The first kappa shape index (κ1) is 17.8. The Morgan fingerprint density at radius 3 is 2.80 bits per heavy atom. The summed E-state index contributed by atoms with van der Waals surface area (Å²) in [4.78, 5) is 19.2. The maximum atomic E-state index is 12.4. The van der Waals surface area contributed by atoms with Gasteiger partial charge in [-0.2, -0.15) is 0 Å². The van der Waals surface area contributed by atoms with Crippen molar-refractivity contribution in [3.05, 3.63) is 52.3 Å². The van der Waals surface area contributed by atoms with Gasteiger partial charge in [0.05, 0.1) is 22.2 Å². The van der Waals surface area contributed by atoms with Crippen LogP contribution in [0.5, 0.6) is 0 Å². The van der Waals surface area contributed by atoms with Crippen LogP contribution in [0.3, 0.4) is 0 Å². The van der Waals surface area contributed by atoms with Crippen molar-refractivity contribution in [1.82, 2.24) is 10.3 Å². The van der Waals surface area contributed by atoms with E-state index in [2.05, 4.69) is 27.8 Å². The predicted molar refractivity (Wildman–Crippen MR) is 104 cm³/mol. The Kier molecular flexibility index (Phi) is 5.63. The highest BCUT2D eigenvalue weighted by atomic mass is 32.1. The third-order valence-electron chi connectivity index (χ3n) is 3.68. The number of carbonyl (C=O) groups excluding carboxylic acids is 1. The van der Waals surface area contributed by atoms with Gasteiger partial charge in [-0.15, -0.1) is 22.7 Å². The number of amides is 1. The smallest absolute Gasteiger partial charge is 0.251 e. The van der Waals surface area contributed by atoms with Gasteiger partial charge in [0.2, 0.25) is 0 Å². The number of thiazole rings is 1. The Labute approximate surface area is 155 Å². The van der Waals surface area contributed by atoms with Crippen LogP contribution in [0.1, 0.15) is 22.3 Å². The molecule has 1 atom stereocenters. The number of aromatic nitrogens is 1. The maximum Gasteiger partial charge on any atom is 0.251 e. The van der Waals surface area contributed by atoms with E-state index >= 15 is 0 Å². The molecule has 0 saturated carbocycles. The standard InChI is InChI=1S/C19H20N2O2S2/c1-12(10-23-3)20-19(22)15-6-4-5-14(9-15)17-7-8-18(25-17)16-11-24-13(2)21-16/h4-9,11-12H,10H2,1-3H3,(H,20,22)/t12-/m1/s1. The maximum absolute atomic E-state index is 12.4. The van der Waals surface area contributed by atoms with E-state index in [0.717, 1.165) is 26.0 Å². The van der Waals surface area contributed by atoms with E-state index in [4.69, 9.17) is 4.74 Å². The van der Waals surface area contributed by atoms with Gasteiger partial charge in [0.1, 0.15) is 0 Å². The highest BCUT2D eigenvalue weighted by molar-refractivity contribution is 7.19. The quantitative estimate of drug-likeness (QED) is 0.687. The van der Waals surface area contributed by atoms with Crippen molar-refractivity contribution < 1.29 is 9.53 Å². The number of aryl methyl sites for hydroxylation is 1. The van der Waals surface area contributed by atoms with Crippen LogP contribution in [0.25, 0.3) is 21.0 Å². The fourth-order valence-corrected chi connectivity index (χ4v) is 4.17. The number of nitrogens with zero attached hydrogens (tertiary/aromatic N) is 1. The minimum atomic E-state index is -0.0849. The SMILES string of the molecule is COC[C@@H](C)NC(=O)c1cccc(-c2ccc(-c3csc(C)n3)s2)c1. The molecule has 3 rings (SSSR count). The van der Waals surface area contributed by atoms with E-state index in [9.17, 15) is 4.79 Å². The summed E-state index contributed by atoms with van der Waals surface area (Å²) in [6, 6.07) is 11.8. The van der Waals surface area contributed by atoms with Crippen molar-refractivity contribution in [2.24, 2.45) is 0 Å². The van der Waals surface area contributed by atoms with E-state index < -0.39 is 0 Å². The lowest BCUT2D eigenvalue weighted by molar-refractivity contribution is 0.0905. The van der Waals surface area contributed by atoms with E-state index in [1.165, 1.54) is 0 Å².